The topological polar surface area (TPSA) is 38.1 Å². The summed E-state index contributed by atoms with van der Waals surface area (Å²) in [5.74, 6) is 0.210. The quantitative estimate of drug-likeness (QED) is 0.902. The lowest BCUT2D eigenvalue weighted by Crippen LogP contribution is -2.21. The highest BCUT2D eigenvalue weighted by atomic mass is 19.1. The molecule has 4 heteroatoms. The molecule has 2 rings (SSSR count). The highest BCUT2D eigenvalue weighted by molar-refractivity contribution is 5.54. The largest absolute Gasteiger partial charge is 0.444 e. The normalized spacial score (nSPS) is 11.2. The Hall–Kier alpha value is -1.68. The first-order valence-electron chi connectivity index (χ1n) is 6.00. The van der Waals surface area contributed by atoms with Crippen molar-refractivity contribution >= 4 is 0 Å². The van der Waals surface area contributed by atoms with Crippen molar-refractivity contribution in [3.05, 3.63) is 41.5 Å². The molecular formula is C14H17FN2O. The summed E-state index contributed by atoms with van der Waals surface area (Å²) in [6, 6.07) is 5.37. The van der Waals surface area contributed by atoms with Crippen molar-refractivity contribution in [3.8, 4) is 11.5 Å². The molecule has 0 aliphatic rings. The van der Waals surface area contributed by atoms with Crippen LogP contribution in [0.4, 0.5) is 4.39 Å². The lowest BCUT2D eigenvalue weighted by atomic mass is 10.1. The van der Waals surface area contributed by atoms with E-state index >= 15 is 0 Å². The van der Waals surface area contributed by atoms with Gasteiger partial charge in [0.25, 0.3) is 0 Å². The van der Waals surface area contributed by atoms with Crippen LogP contribution in [0, 0.1) is 12.7 Å². The predicted octanol–water partition coefficient (Wildman–Crippen LogP) is 3.29. The van der Waals surface area contributed by atoms with Crippen molar-refractivity contribution in [3.63, 3.8) is 0 Å². The number of rotatable bonds is 4. The third kappa shape index (κ3) is 2.96. The number of oxazole rings is 1. The number of nitrogens with zero attached hydrogens (tertiary/aromatic N) is 1. The Morgan fingerprint density at radius 3 is 2.83 bits per heavy atom. The Morgan fingerprint density at radius 1 is 1.39 bits per heavy atom. The minimum Gasteiger partial charge on any atom is -0.444 e. The number of aryl methyl sites for hydroxylation is 1. The Bertz CT molecular complexity index is 534. The lowest BCUT2D eigenvalue weighted by molar-refractivity contribution is 0.559. The molecule has 0 radical (unpaired) electrons. The molecule has 0 saturated heterocycles. The number of aromatic nitrogens is 1. The Balaban J connectivity index is 2.16. The molecular weight excluding hydrogens is 231 g/mol. The van der Waals surface area contributed by atoms with E-state index in [4.69, 9.17) is 4.42 Å². The van der Waals surface area contributed by atoms with Gasteiger partial charge in [-0.05, 0) is 24.6 Å². The molecule has 0 atom stereocenters. The summed E-state index contributed by atoms with van der Waals surface area (Å²) in [5, 5.41) is 3.25. The van der Waals surface area contributed by atoms with Crippen molar-refractivity contribution in [1.29, 1.82) is 0 Å². The summed E-state index contributed by atoms with van der Waals surface area (Å²) in [6.45, 7) is 6.51. The monoisotopic (exact) mass is 248 g/mol. The van der Waals surface area contributed by atoms with Crippen molar-refractivity contribution in [2.45, 2.75) is 33.4 Å². The molecule has 1 aromatic heterocycles. The Kier molecular flexibility index (Phi) is 3.77. The zero-order valence-electron chi connectivity index (χ0n) is 10.8. The van der Waals surface area contributed by atoms with Crippen LogP contribution in [-0.4, -0.2) is 11.0 Å². The molecule has 1 aromatic carbocycles. The van der Waals surface area contributed by atoms with Gasteiger partial charge in [-0.25, -0.2) is 9.37 Å². The summed E-state index contributed by atoms with van der Waals surface area (Å²) in [6.07, 6.45) is 1.60. The zero-order chi connectivity index (χ0) is 13.1. The lowest BCUT2D eigenvalue weighted by Gasteiger charge is -2.04. The van der Waals surface area contributed by atoms with Gasteiger partial charge < -0.3 is 9.73 Å². The Morgan fingerprint density at radius 2 is 2.17 bits per heavy atom. The number of benzene rings is 1. The summed E-state index contributed by atoms with van der Waals surface area (Å²) in [4.78, 5) is 4.33. The van der Waals surface area contributed by atoms with Crippen LogP contribution in [0.5, 0.6) is 0 Å². The van der Waals surface area contributed by atoms with E-state index in [1.165, 1.54) is 6.07 Å². The third-order valence-corrected chi connectivity index (χ3v) is 2.66. The maximum atomic E-state index is 13.4. The smallest absolute Gasteiger partial charge is 0.226 e. The van der Waals surface area contributed by atoms with Gasteiger partial charge in [-0.2, -0.15) is 0 Å². The van der Waals surface area contributed by atoms with Gasteiger partial charge in [0.2, 0.25) is 5.89 Å². The van der Waals surface area contributed by atoms with E-state index in [0.717, 1.165) is 5.69 Å². The molecule has 18 heavy (non-hydrogen) atoms. The van der Waals surface area contributed by atoms with Crippen LogP contribution in [0.2, 0.25) is 0 Å². The van der Waals surface area contributed by atoms with Gasteiger partial charge in [0.15, 0.2) is 0 Å². The fourth-order valence-electron chi connectivity index (χ4n) is 1.56. The molecule has 0 aliphatic heterocycles. The number of halogens is 1. The molecule has 1 heterocycles. The maximum Gasteiger partial charge on any atom is 0.226 e. The highest BCUT2D eigenvalue weighted by Gasteiger charge is 2.08. The van der Waals surface area contributed by atoms with Crippen LogP contribution in [0.1, 0.15) is 25.1 Å². The molecule has 1 N–H and O–H groups in total. The highest BCUT2D eigenvalue weighted by Crippen LogP contribution is 2.21. The zero-order valence-corrected chi connectivity index (χ0v) is 10.8. The van der Waals surface area contributed by atoms with Crippen molar-refractivity contribution in [2.24, 2.45) is 0 Å². The maximum absolute atomic E-state index is 13.4. The number of nitrogens with one attached hydrogen (secondary N) is 1. The van der Waals surface area contributed by atoms with Gasteiger partial charge in [-0.3, -0.25) is 0 Å². The standard InChI is InChI=1S/C14H17FN2O/c1-9(2)16-7-12-8-18-14(17-12)11-5-4-10(3)13(15)6-11/h4-6,8-9,16H,7H2,1-3H3. The van der Waals surface area contributed by atoms with E-state index in [1.54, 1.807) is 19.3 Å². The summed E-state index contributed by atoms with van der Waals surface area (Å²) < 4.78 is 18.8. The van der Waals surface area contributed by atoms with Gasteiger partial charge in [0.05, 0.1) is 5.69 Å². The van der Waals surface area contributed by atoms with Crippen LogP contribution in [0.3, 0.4) is 0 Å². The molecule has 96 valence electrons. The van der Waals surface area contributed by atoms with Crippen LogP contribution >= 0.6 is 0 Å². The molecule has 2 aromatic rings. The fraction of sp³-hybridized carbons (Fsp3) is 0.357. The second kappa shape index (κ2) is 5.31. The minimum atomic E-state index is -0.243. The molecule has 3 nitrogen and oxygen atoms in total. The number of hydrogen-bond acceptors (Lipinski definition) is 3. The summed E-state index contributed by atoms with van der Waals surface area (Å²) in [7, 11) is 0. The summed E-state index contributed by atoms with van der Waals surface area (Å²) in [5.41, 5.74) is 2.10. The van der Waals surface area contributed by atoms with E-state index in [9.17, 15) is 4.39 Å². The molecule has 0 fully saturated rings. The predicted molar refractivity (Wildman–Crippen MR) is 68.6 cm³/mol. The molecule has 0 unspecified atom stereocenters. The minimum absolute atomic E-state index is 0.243. The van der Waals surface area contributed by atoms with Gasteiger partial charge in [0, 0.05) is 18.2 Å². The second-order valence-corrected chi connectivity index (χ2v) is 4.64. The van der Waals surface area contributed by atoms with E-state index in [1.807, 2.05) is 6.07 Å². The van der Waals surface area contributed by atoms with E-state index in [-0.39, 0.29) is 5.82 Å². The molecule has 0 amide bonds. The second-order valence-electron chi connectivity index (χ2n) is 4.64. The van der Waals surface area contributed by atoms with E-state index < -0.39 is 0 Å². The Labute approximate surface area is 106 Å². The van der Waals surface area contributed by atoms with Crippen LogP contribution in [0.25, 0.3) is 11.5 Å². The molecule has 0 bridgehead atoms. The SMILES string of the molecule is Cc1ccc(-c2nc(CNC(C)C)co2)cc1F. The van der Waals surface area contributed by atoms with Gasteiger partial charge in [-0.1, -0.05) is 19.9 Å². The van der Waals surface area contributed by atoms with Crippen molar-refractivity contribution < 1.29 is 8.81 Å². The van der Waals surface area contributed by atoms with Crippen LogP contribution in [0.15, 0.2) is 28.9 Å². The average molecular weight is 248 g/mol. The molecule has 0 saturated carbocycles. The first kappa shape index (κ1) is 12.8. The van der Waals surface area contributed by atoms with Gasteiger partial charge in [-0.15, -0.1) is 0 Å². The van der Waals surface area contributed by atoms with Crippen molar-refractivity contribution in [1.82, 2.24) is 10.3 Å². The molecule has 0 spiro atoms. The van der Waals surface area contributed by atoms with E-state index in [0.29, 0.717) is 29.6 Å². The van der Waals surface area contributed by atoms with Crippen molar-refractivity contribution in [2.75, 3.05) is 0 Å². The fourth-order valence-corrected chi connectivity index (χ4v) is 1.56. The van der Waals surface area contributed by atoms with Crippen LogP contribution in [-0.2, 0) is 6.54 Å². The average Bonchev–Trinajstić information content (AvgIpc) is 2.79. The molecule has 0 aliphatic carbocycles. The van der Waals surface area contributed by atoms with Gasteiger partial charge in [0.1, 0.15) is 12.1 Å². The summed E-state index contributed by atoms with van der Waals surface area (Å²) >= 11 is 0. The van der Waals surface area contributed by atoms with Gasteiger partial charge >= 0.3 is 0 Å². The van der Waals surface area contributed by atoms with E-state index in [2.05, 4.69) is 24.1 Å². The third-order valence-electron chi connectivity index (χ3n) is 2.66. The number of hydrogen-bond donors (Lipinski definition) is 1. The first-order valence-corrected chi connectivity index (χ1v) is 6.00. The first-order chi connectivity index (χ1) is 8.56. The van der Waals surface area contributed by atoms with Crippen LogP contribution < -0.4 is 5.32 Å².